The molecule has 0 atom stereocenters. The minimum absolute atomic E-state index is 0. The van der Waals surface area contributed by atoms with Crippen molar-refractivity contribution in [2.45, 2.75) is 26.7 Å². The topological polar surface area (TPSA) is 110 Å². The van der Waals surface area contributed by atoms with Crippen molar-refractivity contribution in [1.82, 2.24) is 6.15 Å². The molecule has 0 amide bonds. The Morgan fingerprint density at radius 1 is 1.25 bits per heavy atom. The van der Waals surface area contributed by atoms with Crippen molar-refractivity contribution in [2.24, 2.45) is 5.41 Å². The van der Waals surface area contributed by atoms with Crippen molar-refractivity contribution in [1.29, 1.82) is 0 Å². The van der Waals surface area contributed by atoms with Crippen molar-refractivity contribution in [3.63, 3.8) is 0 Å². The van der Waals surface area contributed by atoms with Gasteiger partial charge in [0, 0.05) is 6.42 Å². The van der Waals surface area contributed by atoms with Crippen LogP contribution in [0.25, 0.3) is 0 Å². The smallest absolute Gasteiger partial charge is 0.309 e. The van der Waals surface area contributed by atoms with Crippen LogP contribution < -0.4 is 6.15 Å². The highest BCUT2D eigenvalue weighted by molar-refractivity contribution is 5.75. The fourth-order valence-corrected chi connectivity index (χ4v) is 0.526. The van der Waals surface area contributed by atoms with Crippen molar-refractivity contribution in [3.05, 3.63) is 0 Å². The van der Waals surface area contributed by atoms with Gasteiger partial charge in [0.25, 0.3) is 0 Å². The van der Waals surface area contributed by atoms with Gasteiger partial charge >= 0.3 is 11.9 Å². The SMILES string of the molecule is CC(C)(CCC(=O)O)C(=O)O.N. The van der Waals surface area contributed by atoms with Crippen LogP contribution in [0.1, 0.15) is 26.7 Å². The van der Waals surface area contributed by atoms with E-state index < -0.39 is 17.4 Å². The highest BCUT2D eigenvalue weighted by Gasteiger charge is 2.27. The second kappa shape index (κ2) is 4.71. The minimum atomic E-state index is -0.959. The summed E-state index contributed by atoms with van der Waals surface area (Å²) in [5.74, 6) is -1.92. The molecule has 5 heteroatoms. The Hall–Kier alpha value is -1.10. The fraction of sp³-hybridized carbons (Fsp3) is 0.714. The molecule has 0 unspecified atom stereocenters. The Balaban J connectivity index is 0. The fourth-order valence-electron chi connectivity index (χ4n) is 0.526. The van der Waals surface area contributed by atoms with Gasteiger partial charge in [0.1, 0.15) is 0 Å². The van der Waals surface area contributed by atoms with Gasteiger partial charge in [0.2, 0.25) is 0 Å². The van der Waals surface area contributed by atoms with E-state index in [1.54, 1.807) is 0 Å². The van der Waals surface area contributed by atoms with E-state index in [0.29, 0.717) is 0 Å². The molecule has 0 aliphatic carbocycles. The summed E-state index contributed by atoms with van der Waals surface area (Å²) in [5, 5.41) is 16.8. The molecule has 0 rings (SSSR count). The molecule has 0 saturated carbocycles. The number of hydrogen-bond donors (Lipinski definition) is 3. The Kier molecular flexibility index (Phi) is 5.30. The molecule has 0 radical (unpaired) electrons. The van der Waals surface area contributed by atoms with E-state index in [2.05, 4.69) is 0 Å². The Bertz CT molecular complexity index is 176. The van der Waals surface area contributed by atoms with Gasteiger partial charge in [-0.1, -0.05) is 0 Å². The Labute approximate surface area is 71.0 Å². The average Bonchev–Trinajstić information content (AvgIpc) is 1.84. The summed E-state index contributed by atoms with van der Waals surface area (Å²) >= 11 is 0. The second-order valence-corrected chi connectivity index (χ2v) is 3.08. The molecule has 0 aromatic heterocycles. The van der Waals surface area contributed by atoms with Gasteiger partial charge in [-0.3, -0.25) is 9.59 Å². The maximum absolute atomic E-state index is 10.4. The Morgan fingerprint density at radius 2 is 1.67 bits per heavy atom. The van der Waals surface area contributed by atoms with Crippen LogP contribution in [0.5, 0.6) is 0 Å². The molecule has 0 aromatic rings. The van der Waals surface area contributed by atoms with Gasteiger partial charge in [-0.15, -0.1) is 0 Å². The van der Waals surface area contributed by atoms with E-state index in [1.807, 2.05) is 0 Å². The van der Waals surface area contributed by atoms with Crippen LogP contribution in [0, 0.1) is 5.41 Å². The molecule has 0 aliphatic heterocycles. The van der Waals surface area contributed by atoms with Crippen LogP contribution in [0.15, 0.2) is 0 Å². The first-order chi connectivity index (χ1) is 4.86. The quantitative estimate of drug-likeness (QED) is 0.596. The first-order valence-corrected chi connectivity index (χ1v) is 3.31. The normalized spacial score (nSPS) is 10.2. The summed E-state index contributed by atoms with van der Waals surface area (Å²) in [5.41, 5.74) is -0.932. The average molecular weight is 177 g/mol. The minimum Gasteiger partial charge on any atom is -0.481 e. The monoisotopic (exact) mass is 177 g/mol. The molecular weight excluding hydrogens is 162 g/mol. The van der Waals surface area contributed by atoms with E-state index in [9.17, 15) is 9.59 Å². The van der Waals surface area contributed by atoms with Crippen LogP contribution >= 0.6 is 0 Å². The zero-order valence-corrected chi connectivity index (χ0v) is 7.33. The van der Waals surface area contributed by atoms with Gasteiger partial charge in [0.05, 0.1) is 5.41 Å². The van der Waals surface area contributed by atoms with E-state index in [0.717, 1.165) is 0 Å². The summed E-state index contributed by atoms with van der Waals surface area (Å²) in [6, 6.07) is 0. The zero-order chi connectivity index (χ0) is 9.07. The first kappa shape index (κ1) is 13.5. The zero-order valence-electron chi connectivity index (χ0n) is 7.33. The molecule has 0 spiro atoms. The molecule has 0 aromatic carbocycles. The van der Waals surface area contributed by atoms with Crippen molar-refractivity contribution < 1.29 is 19.8 Å². The van der Waals surface area contributed by atoms with Gasteiger partial charge in [0.15, 0.2) is 0 Å². The van der Waals surface area contributed by atoms with Crippen LogP contribution in [0.4, 0.5) is 0 Å². The predicted octanol–water partition coefficient (Wildman–Crippen LogP) is 1.12. The number of carboxylic acid groups (broad SMARTS) is 2. The number of rotatable bonds is 4. The Morgan fingerprint density at radius 3 is 1.92 bits per heavy atom. The summed E-state index contributed by atoms with van der Waals surface area (Å²) in [4.78, 5) is 20.5. The third-order valence-electron chi connectivity index (χ3n) is 1.54. The van der Waals surface area contributed by atoms with Crippen LogP contribution in [-0.4, -0.2) is 22.2 Å². The standard InChI is InChI=1S/C7H12O4.H3N/c1-7(2,6(10)11)4-3-5(8)9;/h3-4H2,1-2H3,(H,8,9)(H,10,11);1H3. The van der Waals surface area contributed by atoms with E-state index in [4.69, 9.17) is 10.2 Å². The molecule has 0 heterocycles. The largest absolute Gasteiger partial charge is 0.481 e. The van der Waals surface area contributed by atoms with E-state index in [1.165, 1.54) is 13.8 Å². The molecule has 72 valence electrons. The number of carbonyl (C=O) groups is 2. The van der Waals surface area contributed by atoms with Crippen LogP contribution in [0.2, 0.25) is 0 Å². The second-order valence-electron chi connectivity index (χ2n) is 3.08. The number of hydrogen-bond acceptors (Lipinski definition) is 3. The van der Waals surface area contributed by atoms with Gasteiger partial charge in [-0.2, -0.15) is 0 Å². The summed E-state index contributed by atoms with van der Waals surface area (Å²) in [7, 11) is 0. The lowest BCUT2D eigenvalue weighted by Gasteiger charge is -2.16. The van der Waals surface area contributed by atoms with Gasteiger partial charge in [-0.25, -0.2) is 0 Å². The highest BCUT2D eigenvalue weighted by atomic mass is 16.4. The third kappa shape index (κ3) is 4.68. The maximum atomic E-state index is 10.4. The number of carboxylic acids is 2. The molecular formula is C7H15NO4. The van der Waals surface area contributed by atoms with Crippen molar-refractivity contribution in [2.75, 3.05) is 0 Å². The molecule has 12 heavy (non-hydrogen) atoms. The van der Waals surface area contributed by atoms with Crippen LogP contribution in [0.3, 0.4) is 0 Å². The first-order valence-electron chi connectivity index (χ1n) is 3.31. The van der Waals surface area contributed by atoms with Gasteiger partial charge in [-0.05, 0) is 20.3 Å². The molecule has 0 aliphatic rings. The molecule has 0 bridgehead atoms. The molecule has 0 fully saturated rings. The summed E-state index contributed by atoms with van der Waals surface area (Å²) < 4.78 is 0. The highest BCUT2D eigenvalue weighted by Crippen LogP contribution is 2.21. The third-order valence-corrected chi connectivity index (χ3v) is 1.54. The lowest BCUT2D eigenvalue weighted by atomic mass is 9.88. The lowest BCUT2D eigenvalue weighted by Crippen LogP contribution is -2.24. The van der Waals surface area contributed by atoms with E-state index >= 15 is 0 Å². The van der Waals surface area contributed by atoms with Gasteiger partial charge < -0.3 is 16.4 Å². The number of aliphatic carboxylic acids is 2. The molecule has 5 N–H and O–H groups in total. The predicted molar refractivity (Wildman–Crippen MR) is 43.3 cm³/mol. The molecule has 0 saturated heterocycles. The van der Waals surface area contributed by atoms with Crippen LogP contribution in [-0.2, 0) is 9.59 Å². The lowest BCUT2D eigenvalue weighted by molar-refractivity contribution is -0.148. The van der Waals surface area contributed by atoms with Crippen molar-refractivity contribution in [3.8, 4) is 0 Å². The molecule has 5 nitrogen and oxygen atoms in total. The van der Waals surface area contributed by atoms with Crippen molar-refractivity contribution >= 4 is 11.9 Å². The maximum Gasteiger partial charge on any atom is 0.309 e. The van der Waals surface area contributed by atoms with E-state index in [-0.39, 0.29) is 19.0 Å². The summed E-state index contributed by atoms with van der Waals surface area (Å²) in [6.07, 6.45) is 0.0664. The summed E-state index contributed by atoms with van der Waals surface area (Å²) in [6.45, 7) is 3.02.